The Bertz CT molecular complexity index is 332. The van der Waals surface area contributed by atoms with E-state index in [1.807, 2.05) is 4.90 Å². The molecule has 4 atom stereocenters. The zero-order chi connectivity index (χ0) is 14.7. The number of likely N-dealkylation sites (tertiary alicyclic amines) is 1. The van der Waals surface area contributed by atoms with Gasteiger partial charge in [0, 0.05) is 25.4 Å². The van der Waals surface area contributed by atoms with Gasteiger partial charge in [-0.05, 0) is 50.0 Å². The molecule has 2 aliphatic rings. The van der Waals surface area contributed by atoms with E-state index in [4.69, 9.17) is 5.73 Å². The highest BCUT2D eigenvalue weighted by Gasteiger charge is 2.43. The van der Waals surface area contributed by atoms with Crippen LogP contribution in [0.1, 0.15) is 46.0 Å². The number of nitrogens with two attached hydrogens (primary N) is 1. The highest BCUT2D eigenvalue weighted by molar-refractivity contribution is 5.76. The minimum Gasteiger partial charge on any atom is -0.393 e. The minimum atomic E-state index is -0.182. The molecule has 4 unspecified atom stereocenters. The van der Waals surface area contributed by atoms with Crippen LogP contribution in [0.3, 0.4) is 0 Å². The Hall–Kier alpha value is -0.610. The molecule has 1 heterocycles. The van der Waals surface area contributed by atoms with Crippen LogP contribution in [0.2, 0.25) is 0 Å². The molecule has 0 aromatic heterocycles. The van der Waals surface area contributed by atoms with Crippen LogP contribution < -0.4 is 5.73 Å². The number of hydrogen-bond donors (Lipinski definition) is 2. The lowest BCUT2D eigenvalue weighted by Gasteiger charge is -2.22. The first-order valence-electron chi connectivity index (χ1n) is 8.18. The molecule has 1 aliphatic heterocycles. The maximum absolute atomic E-state index is 12.3. The maximum Gasteiger partial charge on any atom is 0.222 e. The number of nitrogens with zero attached hydrogens (tertiary/aromatic N) is 1. The summed E-state index contributed by atoms with van der Waals surface area (Å²) in [5.41, 5.74) is 5.65. The number of carbonyl (C=O) groups is 1. The van der Waals surface area contributed by atoms with Gasteiger partial charge < -0.3 is 15.7 Å². The summed E-state index contributed by atoms with van der Waals surface area (Å²) in [5, 5.41) is 9.91. The van der Waals surface area contributed by atoms with Crippen molar-refractivity contribution in [3.05, 3.63) is 0 Å². The van der Waals surface area contributed by atoms with Gasteiger partial charge in [0.1, 0.15) is 0 Å². The van der Waals surface area contributed by atoms with E-state index in [0.717, 1.165) is 38.8 Å². The standard InChI is InChI=1S/C16H30N2O2/c1-11(2)12(7-8-17)4-6-16(20)18-9-13-3-5-15(19)14(13)10-18/h11-15,19H,3-10,17H2,1-2H3. The summed E-state index contributed by atoms with van der Waals surface area (Å²) in [6.45, 7) is 6.76. The van der Waals surface area contributed by atoms with Crippen molar-refractivity contribution in [1.29, 1.82) is 0 Å². The summed E-state index contributed by atoms with van der Waals surface area (Å²) < 4.78 is 0. The van der Waals surface area contributed by atoms with Gasteiger partial charge in [0.05, 0.1) is 6.10 Å². The third-order valence-corrected chi connectivity index (χ3v) is 5.38. The number of rotatable bonds is 6. The molecule has 2 rings (SSSR count). The van der Waals surface area contributed by atoms with E-state index >= 15 is 0 Å². The molecule has 4 heteroatoms. The van der Waals surface area contributed by atoms with Gasteiger partial charge in [-0.25, -0.2) is 0 Å². The lowest BCUT2D eigenvalue weighted by molar-refractivity contribution is -0.131. The Morgan fingerprint density at radius 2 is 2.05 bits per heavy atom. The molecule has 0 bridgehead atoms. The molecule has 0 spiro atoms. The highest BCUT2D eigenvalue weighted by Crippen LogP contribution is 2.38. The lowest BCUT2D eigenvalue weighted by atomic mass is 9.88. The summed E-state index contributed by atoms with van der Waals surface area (Å²) in [6, 6.07) is 0. The predicted octanol–water partition coefficient (Wildman–Crippen LogP) is 1.62. The molecule has 0 aromatic carbocycles. The topological polar surface area (TPSA) is 66.6 Å². The Kier molecular flexibility index (Phi) is 5.44. The van der Waals surface area contributed by atoms with Crippen LogP contribution in [0.4, 0.5) is 0 Å². The largest absolute Gasteiger partial charge is 0.393 e. The monoisotopic (exact) mass is 282 g/mol. The molecule has 3 N–H and O–H groups in total. The van der Waals surface area contributed by atoms with Crippen LogP contribution in [0.25, 0.3) is 0 Å². The van der Waals surface area contributed by atoms with Crippen molar-refractivity contribution in [3.63, 3.8) is 0 Å². The van der Waals surface area contributed by atoms with Crippen molar-refractivity contribution < 1.29 is 9.90 Å². The second-order valence-electron chi connectivity index (χ2n) is 6.99. The van der Waals surface area contributed by atoms with E-state index in [-0.39, 0.29) is 12.0 Å². The SMILES string of the molecule is CC(C)C(CCN)CCC(=O)N1CC2CCC(O)C2C1. The first-order chi connectivity index (χ1) is 9.52. The Labute approximate surface area is 122 Å². The number of hydrogen-bond acceptors (Lipinski definition) is 3. The van der Waals surface area contributed by atoms with E-state index in [1.54, 1.807) is 0 Å². The highest BCUT2D eigenvalue weighted by atomic mass is 16.3. The Balaban J connectivity index is 1.78. The molecule has 1 saturated carbocycles. The van der Waals surface area contributed by atoms with E-state index in [0.29, 0.717) is 36.6 Å². The average Bonchev–Trinajstić information content (AvgIpc) is 2.96. The predicted molar refractivity (Wildman–Crippen MR) is 80.0 cm³/mol. The Morgan fingerprint density at radius 3 is 2.65 bits per heavy atom. The fraction of sp³-hybridized carbons (Fsp3) is 0.938. The van der Waals surface area contributed by atoms with E-state index in [2.05, 4.69) is 13.8 Å². The second kappa shape index (κ2) is 6.90. The Morgan fingerprint density at radius 1 is 1.30 bits per heavy atom. The third kappa shape index (κ3) is 3.53. The van der Waals surface area contributed by atoms with Gasteiger partial charge in [0.2, 0.25) is 5.91 Å². The fourth-order valence-electron chi connectivity index (χ4n) is 3.93. The number of amides is 1. The van der Waals surface area contributed by atoms with Gasteiger partial charge >= 0.3 is 0 Å². The number of fused-ring (bicyclic) bond motifs is 1. The van der Waals surface area contributed by atoms with Crippen molar-refractivity contribution in [2.75, 3.05) is 19.6 Å². The van der Waals surface area contributed by atoms with E-state index in [1.165, 1.54) is 0 Å². The van der Waals surface area contributed by atoms with Crippen LogP contribution in [0, 0.1) is 23.7 Å². The van der Waals surface area contributed by atoms with Crippen LogP contribution in [0.5, 0.6) is 0 Å². The maximum atomic E-state index is 12.3. The zero-order valence-electron chi connectivity index (χ0n) is 12.9. The molecule has 0 aromatic rings. The van der Waals surface area contributed by atoms with Crippen molar-refractivity contribution in [2.24, 2.45) is 29.4 Å². The first kappa shape index (κ1) is 15.8. The number of carbonyl (C=O) groups excluding carboxylic acids is 1. The fourth-order valence-corrected chi connectivity index (χ4v) is 3.93. The number of aliphatic hydroxyl groups is 1. The van der Waals surface area contributed by atoms with Gasteiger partial charge in [-0.3, -0.25) is 4.79 Å². The lowest BCUT2D eigenvalue weighted by Crippen LogP contribution is -2.31. The van der Waals surface area contributed by atoms with Crippen LogP contribution in [0.15, 0.2) is 0 Å². The zero-order valence-corrected chi connectivity index (χ0v) is 12.9. The summed E-state index contributed by atoms with van der Waals surface area (Å²) >= 11 is 0. The quantitative estimate of drug-likeness (QED) is 0.778. The van der Waals surface area contributed by atoms with Gasteiger partial charge in [-0.15, -0.1) is 0 Å². The molecule has 0 radical (unpaired) electrons. The molecular weight excluding hydrogens is 252 g/mol. The van der Waals surface area contributed by atoms with Crippen molar-refractivity contribution >= 4 is 5.91 Å². The normalized spacial score (nSPS) is 30.9. The second-order valence-corrected chi connectivity index (χ2v) is 6.99. The van der Waals surface area contributed by atoms with Gasteiger partial charge in [-0.1, -0.05) is 13.8 Å². The van der Waals surface area contributed by atoms with Gasteiger partial charge in [-0.2, -0.15) is 0 Å². The van der Waals surface area contributed by atoms with E-state index < -0.39 is 0 Å². The molecule has 1 saturated heterocycles. The van der Waals surface area contributed by atoms with Crippen molar-refractivity contribution in [1.82, 2.24) is 4.90 Å². The van der Waals surface area contributed by atoms with Gasteiger partial charge in [0.25, 0.3) is 0 Å². The molecule has 1 aliphatic carbocycles. The van der Waals surface area contributed by atoms with Crippen LogP contribution in [-0.2, 0) is 4.79 Å². The summed E-state index contributed by atoms with van der Waals surface area (Å²) in [6.07, 6.45) is 4.41. The van der Waals surface area contributed by atoms with Crippen molar-refractivity contribution in [2.45, 2.75) is 52.1 Å². The minimum absolute atomic E-state index is 0.182. The molecule has 2 fully saturated rings. The van der Waals surface area contributed by atoms with Crippen molar-refractivity contribution in [3.8, 4) is 0 Å². The summed E-state index contributed by atoms with van der Waals surface area (Å²) in [7, 11) is 0. The van der Waals surface area contributed by atoms with Gasteiger partial charge in [0.15, 0.2) is 0 Å². The molecule has 20 heavy (non-hydrogen) atoms. The third-order valence-electron chi connectivity index (χ3n) is 5.38. The molecule has 116 valence electrons. The van der Waals surface area contributed by atoms with Crippen LogP contribution >= 0.6 is 0 Å². The smallest absolute Gasteiger partial charge is 0.222 e. The van der Waals surface area contributed by atoms with Crippen LogP contribution in [-0.4, -0.2) is 41.7 Å². The summed E-state index contributed by atoms with van der Waals surface area (Å²) in [4.78, 5) is 14.3. The van der Waals surface area contributed by atoms with E-state index in [9.17, 15) is 9.90 Å². The molecule has 4 nitrogen and oxygen atoms in total. The molecule has 1 amide bonds. The molecular formula is C16H30N2O2. The average molecular weight is 282 g/mol. The summed E-state index contributed by atoms with van der Waals surface area (Å²) in [5.74, 6) is 2.29. The first-order valence-corrected chi connectivity index (χ1v) is 8.18. The number of aliphatic hydroxyl groups excluding tert-OH is 1.